The Morgan fingerprint density at radius 1 is 1.30 bits per heavy atom. The smallest absolute Gasteiger partial charge is 0.265 e. The highest BCUT2D eigenvalue weighted by atomic mass is 79.9. The highest BCUT2D eigenvalue weighted by Crippen LogP contribution is 2.27. The Morgan fingerprint density at radius 3 is 2.65 bits per heavy atom. The molecule has 0 saturated carbocycles. The molecule has 0 spiro atoms. The van der Waals surface area contributed by atoms with Crippen LogP contribution in [0.2, 0.25) is 0 Å². The molecule has 110 valence electrons. The molecule has 1 aromatic rings. The molecule has 0 unspecified atom stereocenters. The third kappa shape index (κ3) is 3.50. The van der Waals surface area contributed by atoms with Crippen molar-refractivity contribution in [1.82, 2.24) is 4.90 Å². The normalized spacial score (nSPS) is 18.1. The van der Waals surface area contributed by atoms with Crippen LogP contribution < -0.4 is 0 Å². The summed E-state index contributed by atoms with van der Waals surface area (Å²) < 4.78 is 53.3. The maximum Gasteiger partial charge on any atom is 0.265 e. The molecule has 20 heavy (non-hydrogen) atoms. The Hall–Kier alpha value is -1.11. The number of hydrogen-bond donors (Lipinski definition) is 0. The number of halogens is 5. The lowest BCUT2D eigenvalue weighted by atomic mass is 10.1. The zero-order valence-electron chi connectivity index (χ0n) is 10.4. The second-order valence-corrected chi connectivity index (χ2v) is 5.66. The highest BCUT2D eigenvalue weighted by molar-refractivity contribution is 9.10. The molecule has 0 aliphatic carbocycles. The van der Waals surface area contributed by atoms with E-state index >= 15 is 0 Å². The molecule has 0 bridgehead atoms. The Labute approximate surface area is 121 Å². The average molecular weight is 354 g/mol. The first-order chi connectivity index (χ1) is 9.28. The largest absolute Gasteiger partial charge is 0.336 e. The number of carbonyl (C=O) groups excluding carboxylic acids is 1. The summed E-state index contributed by atoms with van der Waals surface area (Å²) in [7, 11) is 0. The minimum absolute atomic E-state index is 0.0456. The standard InChI is InChI=1S/C13H12BrF4NO/c14-9-6-10(15)8(4-11(9)16)5-12(20)19-3-1-2-13(17,18)7-19/h4,6H,1-3,5,7H2. The van der Waals surface area contributed by atoms with E-state index in [1.807, 2.05) is 0 Å². The minimum Gasteiger partial charge on any atom is -0.336 e. The van der Waals surface area contributed by atoms with E-state index in [-0.39, 0.29) is 29.4 Å². The maximum atomic E-state index is 13.6. The van der Waals surface area contributed by atoms with Crippen LogP contribution in [0.15, 0.2) is 16.6 Å². The van der Waals surface area contributed by atoms with Crippen LogP contribution in [0.4, 0.5) is 17.6 Å². The molecule has 1 aromatic carbocycles. The summed E-state index contributed by atoms with van der Waals surface area (Å²) in [6, 6.07) is 1.82. The molecule has 2 rings (SSSR count). The summed E-state index contributed by atoms with van der Waals surface area (Å²) in [5, 5.41) is 0. The maximum absolute atomic E-state index is 13.6. The van der Waals surface area contributed by atoms with Crippen LogP contribution in [-0.4, -0.2) is 29.8 Å². The van der Waals surface area contributed by atoms with Gasteiger partial charge in [0.15, 0.2) is 0 Å². The fraction of sp³-hybridized carbons (Fsp3) is 0.462. The van der Waals surface area contributed by atoms with Gasteiger partial charge >= 0.3 is 0 Å². The van der Waals surface area contributed by atoms with Gasteiger partial charge in [-0.15, -0.1) is 0 Å². The van der Waals surface area contributed by atoms with E-state index in [0.717, 1.165) is 17.0 Å². The summed E-state index contributed by atoms with van der Waals surface area (Å²) in [4.78, 5) is 12.9. The monoisotopic (exact) mass is 353 g/mol. The van der Waals surface area contributed by atoms with Crippen molar-refractivity contribution in [3.05, 3.63) is 33.8 Å². The first kappa shape index (κ1) is 15.3. The SMILES string of the molecule is O=C(Cc1cc(F)c(Br)cc1F)N1CCCC(F)(F)C1. The van der Waals surface area contributed by atoms with Crippen LogP contribution in [0.3, 0.4) is 0 Å². The molecule has 1 heterocycles. The van der Waals surface area contributed by atoms with Gasteiger partial charge in [-0.3, -0.25) is 4.79 Å². The lowest BCUT2D eigenvalue weighted by Crippen LogP contribution is -2.46. The van der Waals surface area contributed by atoms with E-state index in [9.17, 15) is 22.4 Å². The highest BCUT2D eigenvalue weighted by Gasteiger charge is 2.37. The summed E-state index contributed by atoms with van der Waals surface area (Å²) in [5.74, 6) is -4.96. The number of piperidine rings is 1. The van der Waals surface area contributed by atoms with Crippen LogP contribution in [0.1, 0.15) is 18.4 Å². The number of likely N-dealkylation sites (tertiary alicyclic amines) is 1. The molecule has 0 N–H and O–H groups in total. The van der Waals surface area contributed by atoms with Gasteiger partial charge in [0.1, 0.15) is 11.6 Å². The van der Waals surface area contributed by atoms with E-state index < -0.39 is 36.4 Å². The van der Waals surface area contributed by atoms with Gasteiger partial charge < -0.3 is 4.90 Å². The topological polar surface area (TPSA) is 20.3 Å². The summed E-state index contributed by atoms with van der Waals surface area (Å²) in [5.41, 5.74) is -0.135. The molecule has 7 heteroatoms. The van der Waals surface area contributed by atoms with Crippen LogP contribution in [0, 0.1) is 11.6 Å². The molecule has 0 radical (unpaired) electrons. The number of carbonyl (C=O) groups is 1. The van der Waals surface area contributed by atoms with Gasteiger partial charge in [0.2, 0.25) is 5.91 Å². The van der Waals surface area contributed by atoms with Crippen LogP contribution in [-0.2, 0) is 11.2 Å². The third-order valence-corrected chi connectivity index (χ3v) is 3.78. The third-order valence-electron chi connectivity index (χ3n) is 3.18. The van der Waals surface area contributed by atoms with E-state index in [0.29, 0.717) is 0 Å². The number of amides is 1. The van der Waals surface area contributed by atoms with Crippen molar-refractivity contribution < 1.29 is 22.4 Å². The second-order valence-electron chi connectivity index (χ2n) is 4.81. The van der Waals surface area contributed by atoms with Crippen LogP contribution in [0.5, 0.6) is 0 Å². The van der Waals surface area contributed by atoms with Crippen molar-refractivity contribution >= 4 is 21.8 Å². The predicted molar refractivity (Wildman–Crippen MR) is 68.5 cm³/mol. The molecule has 0 atom stereocenters. The number of alkyl halides is 2. The van der Waals surface area contributed by atoms with Gasteiger partial charge in [0, 0.05) is 18.5 Å². The first-order valence-corrected chi connectivity index (χ1v) is 6.87. The second kappa shape index (κ2) is 5.71. The van der Waals surface area contributed by atoms with Crippen molar-refractivity contribution in [3.63, 3.8) is 0 Å². The summed E-state index contributed by atoms with van der Waals surface area (Å²) >= 11 is 2.83. The fourth-order valence-electron chi connectivity index (χ4n) is 2.15. The van der Waals surface area contributed by atoms with Crippen LogP contribution in [0.25, 0.3) is 0 Å². The van der Waals surface area contributed by atoms with Gasteiger partial charge in [0.05, 0.1) is 17.4 Å². The van der Waals surface area contributed by atoms with E-state index in [1.54, 1.807) is 0 Å². The molecule has 1 aliphatic heterocycles. The Balaban J connectivity index is 2.10. The van der Waals surface area contributed by atoms with E-state index in [1.165, 1.54) is 0 Å². The van der Waals surface area contributed by atoms with Gasteiger partial charge in [-0.1, -0.05) is 0 Å². The van der Waals surface area contributed by atoms with Crippen molar-refractivity contribution in [3.8, 4) is 0 Å². The molecule has 1 amide bonds. The number of nitrogens with zero attached hydrogens (tertiary/aromatic N) is 1. The van der Waals surface area contributed by atoms with Crippen LogP contribution >= 0.6 is 15.9 Å². The molecular formula is C13H12BrF4NO. The summed E-state index contributed by atoms with van der Waals surface area (Å²) in [6.07, 6.45) is -0.472. The first-order valence-electron chi connectivity index (χ1n) is 6.07. The quantitative estimate of drug-likeness (QED) is 0.588. The summed E-state index contributed by atoms with van der Waals surface area (Å²) in [6.45, 7) is -0.443. The minimum atomic E-state index is -2.91. The molecule has 0 aromatic heterocycles. The Bertz CT molecular complexity index is 535. The zero-order valence-corrected chi connectivity index (χ0v) is 12.0. The van der Waals surface area contributed by atoms with E-state index in [4.69, 9.17) is 0 Å². The van der Waals surface area contributed by atoms with Crippen molar-refractivity contribution in [2.24, 2.45) is 0 Å². The molecule has 1 fully saturated rings. The predicted octanol–water partition coefficient (Wildman–Crippen LogP) is 3.53. The average Bonchev–Trinajstić information content (AvgIpc) is 2.34. The Kier molecular flexibility index (Phi) is 4.36. The van der Waals surface area contributed by atoms with Gasteiger partial charge in [-0.05, 0) is 34.5 Å². The van der Waals surface area contributed by atoms with E-state index in [2.05, 4.69) is 15.9 Å². The lowest BCUT2D eigenvalue weighted by Gasteiger charge is -2.32. The number of rotatable bonds is 2. The molecule has 2 nitrogen and oxygen atoms in total. The zero-order chi connectivity index (χ0) is 14.9. The van der Waals surface area contributed by atoms with Gasteiger partial charge in [-0.2, -0.15) is 0 Å². The van der Waals surface area contributed by atoms with Crippen molar-refractivity contribution in [1.29, 1.82) is 0 Å². The Morgan fingerprint density at radius 2 is 2.00 bits per heavy atom. The fourth-order valence-corrected chi connectivity index (χ4v) is 2.47. The number of benzene rings is 1. The molecule has 1 aliphatic rings. The van der Waals surface area contributed by atoms with Gasteiger partial charge in [-0.25, -0.2) is 17.6 Å². The number of hydrogen-bond acceptors (Lipinski definition) is 1. The van der Waals surface area contributed by atoms with Crippen molar-refractivity contribution in [2.45, 2.75) is 25.2 Å². The lowest BCUT2D eigenvalue weighted by molar-refractivity contribution is -0.140. The molecule has 1 saturated heterocycles. The van der Waals surface area contributed by atoms with Gasteiger partial charge in [0.25, 0.3) is 5.92 Å². The molecular weight excluding hydrogens is 342 g/mol. The van der Waals surface area contributed by atoms with Crippen molar-refractivity contribution in [2.75, 3.05) is 13.1 Å².